The van der Waals surface area contributed by atoms with Gasteiger partial charge in [0, 0.05) is 18.4 Å². The second kappa shape index (κ2) is 6.57. The van der Waals surface area contributed by atoms with Gasteiger partial charge in [-0.2, -0.15) is 10.3 Å². The van der Waals surface area contributed by atoms with Crippen LogP contribution in [0, 0.1) is 18.3 Å². The zero-order valence-electron chi connectivity index (χ0n) is 14.7. The number of H-pyrrole nitrogens is 2. The Balaban J connectivity index is 1.69. The predicted octanol–water partition coefficient (Wildman–Crippen LogP) is 1.63. The Labute approximate surface area is 154 Å². The fourth-order valence-corrected chi connectivity index (χ4v) is 3.46. The first-order chi connectivity index (χ1) is 13.1. The second-order valence-corrected chi connectivity index (χ2v) is 6.48. The number of hydrogen-bond donors (Lipinski definition) is 3. The molecule has 4 rings (SSSR count). The topological polar surface area (TPSA) is 140 Å². The van der Waals surface area contributed by atoms with E-state index in [1.165, 1.54) is 6.33 Å². The summed E-state index contributed by atoms with van der Waals surface area (Å²) >= 11 is 0. The number of amidine groups is 1. The summed E-state index contributed by atoms with van der Waals surface area (Å²) in [5.74, 6) is 0.465. The van der Waals surface area contributed by atoms with E-state index >= 15 is 0 Å². The first kappa shape index (κ1) is 16.8. The average Bonchev–Trinajstić information content (AvgIpc) is 3.40. The predicted molar refractivity (Wildman–Crippen MR) is 100 cm³/mol. The van der Waals surface area contributed by atoms with Crippen LogP contribution in [-0.2, 0) is 0 Å². The van der Waals surface area contributed by atoms with Crippen molar-refractivity contribution in [3.63, 3.8) is 0 Å². The number of nitrogens with one attached hydrogen (secondary N) is 2. The minimum atomic E-state index is -0.403. The number of aromatic nitrogens is 4. The highest BCUT2D eigenvalue weighted by atomic mass is 16.1. The maximum Gasteiger partial charge on any atom is 0.295 e. The van der Waals surface area contributed by atoms with Crippen molar-refractivity contribution >= 4 is 28.6 Å². The number of aliphatic imine (C=N–C) groups is 1. The van der Waals surface area contributed by atoms with E-state index in [1.807, 2.05) is 17.9 Å². The molecule has 1 atom stereocenters. The molecule has 0 saturated carbocycles. The number of nitriles is 1. The molecular weight excluding hydrogens is 344 g/mol. The summed E-state index contributed by atoms with van der Waals surface area (Å²) in [6.45, 7) is 2.57. The van der Waals surface area contributed by atoms with Gasteiger partial charge in [0.1, 0.15) is 35.4 Å². The Morgan fingerprint density at radius 1 is 1.44 bits per heavy atom. The van der Waals surface area contributed by atoms with Gasteiger partial charge in [0.2, 0.25) is 0 Å². The lowest BCUT2D eigenvalue weighted by Gasteiger charge is -2.25. The van der Waals surface area contributed by atoms with E-state index in [4.69, 9.17) is 5.73 Å². The highest BCUT2D eigenvalue weighted by molar-refractivity contribution is 6.05. The van der Waals surface area contributed by atoms with Crippen LogP contribution in [0.1, 0.15) is 34.6 Å². The number of amides is 1. The number of anilines is 1. The number of carbonyl (C=O) groups excluding carboxylic acids is 1. The van der Waals surface area contributed by atoms with Crippen molar-refractivity contribution in [2.45, 2.75) is 25.8 Å². The molecule has 3 aromatic rings. The van der Waals surface area contributed by atoms with Crippen molar-refractivity contribution in [1.82, 2.24) is 19.9 Å². The van der Waals surface area contributed by atoms with Gasteiger partial charge in [0.15, 0.2) is 0 Å². The molecule has 3 aromatic heterocycles. The Morgan fingerprint density at radius 2 is 2.30 bits per heavy atom. The SMILES string of the molecule is Cc1ccc(C(=O)N=C(N)[C@@H]2CCCN2c2ncnc3[nH]cc(C#N)c23)[nH]1. The van der Waals surface area contributed by atoms with Crippen molar-refractivity contribution in [2.75, 3.05) is 11.4 Å². The third kappa shape index (κ3) is 2.91. The minimum Gasteiger partial charge on any atom is -0.385 e. The van der Waals surface area contributed by atoms with E-state index in [0.29, 0.717) is 34.7 Å². The van der Waals surface area contributed by atoms with E-state index in [0.717, 1.165) is 18.5 Å². The number of nitrogens with two attached hydrogens (primary N) is 1. The van der Waals surface area contributed by atoms with E-state index < -0.39 is 5.91 Å². The number of aryl methyl sites for hydroxylation is 1. The molecule has 27 heavy (non-hydrogen) atoms. The van der Waals surface area contributed by atoms with Crippen molar-refractivity contribution < 1.29 is 4.79 Å². The summed E-state index contributed by atoms with van der Waals surface area (Å²) in [4.78, 5) is 32.9. The Bertz CT molecular complexity index is 1090. The van der Waals surface area contributed by atoms with Crippen LogP contribution >= 0.6 is 0 Å². The average molecular weight is 362 g/mol. The molecule has 1 fully saturated rings. The van der Waals surface area contributed by atoms with E-state index in [1.54, 1.807) is 12.3 Å². The Hall–Kier alpha value is -3.67. The van der Waals surface area contributed by atoms with Gasteiger partial charge in [-0.15, -0.1) is 0 Å². The normalized spacial score (nSPS) is 17.4. The molecule has 4 N–H and O–H groups in total. The molecule has 9 heteroatoms. The third-order valence-corrected chi connectivity index (χ3v) is 4.73. The summed E-state index contributed by atoms with van der Waals surface area (Å²) in [6, 6.07) is 5.40. The number of nitrogens with zero attached hydrogens (tertiary/aromatic N) is 5. The lowest BCUT2D eigenvalue weighted by atomic mass is 10.2. The van der Waals surface area contributed by atoms with Crippen molar-refractivity contribution in [3.05, 3.63) is 41.6 Å². The van der Waals surface area contributed by atoms with Gasteiger partial charge >= 0.3 is 0 Å². The third-order valence-electron chi connectivity index (χ3n) is 4.73. The number of hydrogen-bond acceptors (Lipinski definition) is 5. The van der Waals surface area contributed by atoms with Crippen LogP contribution in [0.3, 0.4) is 0 Å². The van der Waals surface area contributed by atoms with Crippen LogP contribution < -0.4 is 10.6 Å². The first-order valence-corrected chi connectivity index (χ1v) is 8.61. The van der Waals surface area contributed by atoms with Crippen LogP contribution in [-0.4, -0.2) is 44.3 Å². The van der Waals surface area contributed by atoms with E-state index in [-0.39, 0.29) is 11.9 Å². The molecular formula is C18H18N8O. The molecule has 0 bridgehead atoms. The highest BCUT2D eigenvalue weighted by Gasteiger charge is 2.31. The first-order valence-electron chi connectivity index (χ1n) is 8.61. The maximum absolute atomic E-state index is 12.3. The number of carbonyl (C=O) groups is 1. The zero-order chi connectivity index (χ0) is 19.0. The largest absolute Gasteiger partial charge is 0.385 e. The molecule has 0 radical (unpaired) electrons. The van der Waals surface area contributed by atoms with Crippen molar-refractivity contribution in [2.24, 2.45) is 10.7 Å². The van der Waals surface area contributed by atoms with Gasteiger partial charge in [-0.25, -0.2) is 9.97 Å². The van der Waals surface area contributed by atoms with Crippen LogP contribution in [0.5, 0.6) is 0 Å². The van der Waals surface area contributed by atoms with Crippen molar-refractivity contribution in [3.8, 4) is 6.07 Å². The molecule has 0 aliphatic carbocycles. The molecule has 1 aliphatic heterocycles. The summed E-state index contributed by atoms with van der Waals surface area (Å²) in [6.07, 6.45) is 4.70. The molecule has 1 amide bonds. The maximum atomic E-state index is 12.3. The van der Waals surface area contributed by atoms with Gasteiger partial charge < -0.3 is 20.6 Å². The van der Waals surface area contributed by atoms with Crippen LogP contribution in [0.4, 0.5) is 5.82 Å². The lowest BCUT2D eigenvalue weighted by molar-refractivity contribution is 0.0998. The fraction of sp³-hybridized carbons (Fsp3) is 0.278. The molecule has 0 unspecified atom stereocenters. The monoisotopic (exact) mass is 362 g/mol. The molecule has 0 spiro atoms. The number of fused-ring (bicyclic) bond motifs is 1. The minimum absolute atomic E-state index is 0.241. The standard InChI is InChI=1S/C18H18N8O/c1-10-4-5-12(24-10)18(27)25-15(20)13-3-2-6-26(13)17-14-11(7-19)8-21-16(14)22-9-23-17/h4-5,8-9,13,24H,2-3,6H2,1H3,(H2,20,25,27)(H,21,22,23)/t13-/m0/s1. The Morgan fingerprint density at radius 3 is 3.04 bits per heavy atom. The fourth-order valence-electron chi connectivity index (χ4n) is 3.46. The smallest absolute Gasteiger partial charge is 0.295 e. The van der Waals surface area contributed by atoms with Crippen LogP contribution in [0.25, 0.3) is 11.0 Å². The van der Waals surface area contributed by atoms with Gasteiger partial charge in [-0.1, -0.05) is 0 Å². The van der Waals surface area contributed by atoms with Gasteiger partial charge in [0.05, 0.1) is 17.0 Å². The van der Waals surface area contributed by atoms with E-state index in [2.05, 4.69) is 31.0 Å². The van der Waals surface area contributed by atoms with Crippen LogP contribution in [0.2, 0.25) is 0 Å². The van der Waals surface area contributed by atoms with Gasteiger partial charge in [-0.3, -0.25) is 4.79 Å². The molecule has 1 aliphatic rings. The number of aromatic amines is 2. The van der Waals surface area contributed by atoms with Crippen molar-refractivity contribution in [1.29, 1.82) is 5.26 Å². The second-order valence-electron chi connectivity index (χ2n) is 6.48. The van der Waals surface area contributed by atoms with Gasteiger partial charge in [-0.05, 0) is 31.9 Å². The molecule has 0 aromatic carbocycles. The zero-order valence-corrected chi connectivity index (χ0v) is 14.7. The molecule has 9 nitrogen and oxygen atoms in total. The van der Waals surface area contributed by atoms with E-state index in [9.17, 15) is 10.1 Å². The molecule has 4 heterocycles. The number of rotatable bonds is 3. The Kier molecular flexibility index (Phi) is 4.08. The summed E-state index contributed by atoms with van der Waals surface area (Å²) < 4.78 is 0. The van der Waals surface area contributed by atoms with Gasteiger partial charge in [0.25, 0.3) is 5.91 Å². The quantitative estimate of drug-likeness (QED) is 0.478. The lowest BCUT2D eigenvalue weighted by Crippen LogP contribution is -2.41. The summed E-state index contributed by atoms with van der Waals surface area (Å²) in [7, 11) is 0. The molecule has 1 saturated heterocycles. The molecule has 136 valence electrons. The van der Waals surface area contributed by atoms with Crippen LogP contribution in [0.15, 0.2) is 29.6 Å². The summed E-state index contributed by atoms with van der Waals surface area (Å²) in [5.41, 5.74) is 8.55. The highest BCUT2D eigenvalue weighted by Crippen LogP contribution is 2.31. The summed E-state index contributed by atoms with van der Waals surface area (Å²) in [5, 5.41) is 10.0.